The number of carboxylic acids is 1. The van der Waals surface area contributed by atoms with Crippen molar-refractivity contribution in [2.75, 3.05) is 13.6 Å². The van der Waals surface area contributed by atoms with Gasteiger partial charge in [-0.05, 0) is 37.6 Å². The van der Waals surface area contributed by atoms with E-state index in [9.17, 15) is 4.79 Å². The standard InChI is InChI=1S/C12H16N2O2/c1-14-6-4-9(7-11(15)16)12(14)10-3-2-5-13-8-10/h2-3,5,8-9,12H,4,6-7H2,1H3,(H,15,16)/t9-,12+/m1/s1. The summed E-state index contributed by atoms with van der Waals surface area (Å²) in [6.07, 6.45) is 4.76. The third-order valence-corrected chi connectivity index (χ3v) is 3.24. The van der Waals surface area contributed by atoms with Crippen molar-refractivity contribution in [3.05, 3.63) is 30.1 Å². The van der Waals surface area contributed by atoms with E-state index in [1.807, 2.05) is 25.4 Å². The molecule has 0 radical (unpaired) electrons. The first-order chi connectivity index (χ1) is 7.68. The van der Waals surface area contributed by atoms with Gasteiger partial charge in [-0.3, -0.25) is 14.7 Å². The molecule has 0 aromatic carbocycles. The summed E-state index contributed by atoms with van der Waals surface area (Å²) in [5, 5.41) is 8.89. The van der Waals surface area contributed by atoms with Crippen LogP contribution >= 0.6 is 0 Å². The monoisotopic (exact) mass is 220 g/mol. The number of rotatable bonds is 3. The molecule has 1 fully saturated rings. The number of aliphatic carboxylic acids is 1. The summed E-state index contributed by atoms with van der Waals surface area (Å²) in [5.74, 6) is -0.513. The van der Waals surface area contributed by atoms with Gasteiger partial charge in [-0.15, -0.1) is 0 Å². The number of hydrogen-bond donors (Lipinski definition) is 1. The average Bonchev–Trinajstić information content (AvgIpc) is 2.60. The van der Waals surface area contributed by atoms with Crippen LogP contribution in [-0.4, -0.2) is 34.6 Å². The molecule has 0 unspecified atom stereocenters. The molecular formula is C12H16N2O2. The Morgan fingerprint density at radius 1 is 1.69 bits per heavy atom. The van der Waals surface area contributed by atoms with E-state index in [0.29, 0.717) is 0 Å². The summed E-state index contributed by atoms with van der Waals surface area (Å²) in [6, 6.07) is 4.12. The molecule has 0 amide bonds. The topological polar surface area (TPSA) is 53.4 Å². The summed E-state index contributed by atoms with van der Waals surface area (Å²) < 4.78 is 0. The first-order valence-electron chi connectivity index (χ1n) is 5.50. The Bertz CT molecular complexity index is 367. The van der Waals surface area contributed by atoms with Gasteiger partial charge in [0.2, 0.25) is 0 Å². The lowest BCUT2D eigenvalue weighted by Crippen LogP contribution is -2.22. The number of nitrogens with zero attached hydrogens (tertiary/aromatic N) is 2. The molecule has 1 aromatic rings. The predicted molar refractivity (Wildman–Crippen MR) is 60.0 cm³/mol. The van der Waals surface area contributed by atoms with Crippen LogP contribution in [0.15, 0.2) is 24.5 Å². The fraction of sp³-hybridized carbons (Fsp3) is 0.500. The van der Waals surface area contributed by atoms with Crippen molar-refractivity contribution in [1.82, 2.24) is 9.88 Å². The quantitative estimate of drug-likeness (QED) is 0.839. The molecular weight excluding hydrogens is 204 g/mol. The summed E-state index contributed by atoms with van der Waals surface area (Å²) in [7, 11) is 2.04. The highest BCUT2D eigenvalue weighted by molar-refractivity contribution is 5.67. The highest BCUT2D eigenvalue weighted by Gasteiger charge is 2.34. The van der Waals surface area contributed by atoms with Gasteiger partial charge in [-0.25, -0.2) is 0 Å². The predicted octanol–water partition coefficient (Wildman–Crippen LogP) is 1.55. The number of aromatic nitrogens is 1. The summed E-state index contributed by atoms with van der Waals surface area (Å²) in [6.45, 7) is 0.956. The maximum Gasteiger partial charge on any atom is 0.303 e. The molecule has 1 N–H and O–H groups in total. The first-order valence-corrected chi connectivity index (χ1v) is 5.50. The van der Waals surface area contributed by atoms with Crippen LogP contribution in [0, 0.1) is 5.92 Å². The van der Waals surface area contributed by atoms with Crippen LogP contribution in [0.5, 0.6) is 0 Å². The minimum atomic E-state index is -0.714. The number of hydrogen-bond acceptors (Lipinski definition) is 3. The molecule has 86 valence electrons. The lowest BCUT2D eigenvalue weighted by Gasteiger charge is -2.24. The third-order valence-electron chi connectivity index (χ3n) is 3.24. The number of pyridine rings is 1. The van der Waals surface area contributed by atoms with E-state index in [0.717, 1.165) is 18.5 Å². The zero-order chi connectivity index (χ0) is 11.5. The zero-order valence-electron chi connectivity index (χ0n) is 9.34. The van der Waals surface area contributed by atoms with Gasteiger partial charge in [0.1, 0.15) is 0 Å². The van der Waals surface area contributed by atoms with Crippen molar-refractivity contribution in [2.24, 2.45) is 5.92 Å². The first kappa shape index (κ1) is 11.1. The SMILES string of the molecule is CN1CC[C@H](CC(=O)O)[C@H]1c1cccnc1. The molecule has 1 aliphatic rings. The van der Waals surface area contributed by atoms with E-state index in [-0.39, 0.29) is 18.4 Å². The van der Waals surface area contributed by atoms with Crippen molar-refractivity contribution < 1.29 is 9.90 Å². The molecule has 2 atom stereocenters. The van der Waals surface area contributed by atoms with E-state index < -0.39 is 5.97 Å². The molecule has 16 heavy (non-hydrogen) atoms. The van der Waals surface area contributed by atoms with Crippen molar-refractivity contribution in [2.45, 2.75) is 18.9 Å². The van der Waals surface area contributed by atoms with E-state index in [1.165, 1.54) is 0 Å². The van der Waals surface area contributed by atoms with Gasteiger partial charge >= 0.3 is 5.97 Å². The van der Waals surface area contributed by atoms with Crippen molar-refractivity contribution in [3.8, 4) is 0 Å². The fourth-order valence-corrected chi connectivity index (χ4v) is 2.54. The minimum absolute atomic E-state index is 0.199. The Kier molecular flexibility index (Phi) is 3.19. The van der Waals surface area contributed by atoms with E-state index in [4.69, 9.17) is 5.11 Å². The maximum atomic E-state index is 10.8. The van der Waals surface area contributed by atoms with Gasteiger partial charge < -0.3 is 5.11 Å². The molecule has 1 aliphatic heterocycles. The van der Waals surface area contributed by atoms with Crippen LogP contribution in [0.2, 0.25) is 0 Å². The van der Waals surface area contributed by atoms with Crippen molar-refractivity contribution >= 4 is 5.97 Å². The van der Waals surface area contributed by atoms with Gasteiger partial charge in [0.05, 0.1) is 6.42 Å². The molecule has 0 saturated carbocycles. The molecule has 0 bridgehead atoms. The Morgan fingerprint density at radius 3 is 3.12 bits per heavy atom. The lowest BCUT2D eigenvalue weighted by atomic mass is 9.92. The van der Waals surface area contributed by atoms with Crippen LogP contribution in [0.4, 0.5) is 0 Å². The second-order valence-electron chi connectivity index (χ2n) is 4.36. The Balaban J connectivity index is 2.19. The molecule has 1 saturated heterocycles. The fourth-order valence-electron chi connectivity index (χ4n) is 2.54. The summed E-state index contributed by atoms with van der Waals surface area (Å²) >= 11 is 0. The second kappa shape index (κ2) is 4.61. The Hall–Kier alpha value is -1.42. The van der Waals surface area contributed by atoms with E-state index in [2.05, 4.69) is 9.88 Å². The normalized spacial score (nSPS) is 25.8. The second-order valence-corrected chi connectivity index (χ2v) is 4.36. The van der Waals surface area contributed by atoms with Gasteiger partial charge in [-0.1, -0.05) is 6.07 Å². The molecule has 4 heteroatoms. The van der Waals surface area contributed by atoms with Crippen LogP contribution in [0.1, 0.15) is 24.4 Å². The van der Waals surface area contributed by atoms with Crippen LogP contribution in [0.25, 0.3) is 0 Å². The maximum absolute atomic E-state index is 10.8. The van der Waals surface area contributed by atoms with Gasteiger partial charge in [-0.2, -0.15) is 0 Å². The van der Waals surface area contributed by atoms with Crippen LogP contribution in [-0.2, 0) is 4.79 Å². The summed E-state index contributed by atoms with van der Waals surface area (Å²) in [5.41, 5.74) is 1.12. The van der Waals surface area contributed by atoms with Gasteiger partial charge in [0.25, 0.3) is 0 Å². The average molecular weight is 220 g/mol. The van der Waals surface area contributed by atoms with Crippen LogP contribution < -0.4 is 0 Å². The largest absolute Gasteiger partial charge is 0.481 e. The van der Waals surface area contributed by atoms with E-state index in [1.54, 1.807) is 6.20 Å². The Morgan fingerprint density at radius 2 is 2.50 bits per heavy atom. The highest BCUT2D eigenvalue weighted by Crippen LogP contribution is 2.37. The van der Waals surface area contributed by atoms with Gasteiger partial charge in [0, 0.05) is 18.4 Å². The Labute approximate surface area is 94.9 Å². The molecule has 2 rings (SSSR count). The number of likely N-dealkylation sites (tertiary alicyclic amines) is 1. The molecule has 1 aromatic heterocycles. The van der Waals surface area contributed by atoms with Crippen LogP contribution in [0.3, 0.4) is 0 Å². The highest BCUT2D eigenvalue weighted by atomic mass is 16.4. The number of carbonyl (C=O) groups is 1. The van der Waals surface area contributed by atoms with E-state index >= 15 is 0 Å². The smallest absolute Gasteiger partial charge is 0.303 e. The van der Waals surface area contributed by atoms with Crippen molar-refractivity contribution in [1.29, 1.82) is 0 Å². The summed E-state index contributed by atoms with van der Waals surface area (Å²) in [4.78, 5) is 17.1. The third kappa shape index (κ3) is 2.22. The van der Waals surface area contributed by atoms with Gasteiger partial charge in [0.15, 0.2) is 0 Å². The molecule has 4 nitrogen and oxygen atoms in total. The molecule has 2 heterocycles. The molecule has 0 aliphatic carbocycles. The lowest BCUT2D eigenvalue weighted by molar-refractivity contribution is -0.138. The number of carboxylic acid groups (broad SMARTS) is 1. The van der Waals surface area contributed by atoms with Crippen molar-refractivity contribution in [3.63, 3.8) is 0 Å². The molecule has 0 spiro atoms. The zero-order valence-corrected chi connectivity index (χ0v) is 9.34. The minimum Gasteiger partial charge on any atom is -0.481 e.